The minimum absolute atomic E-state index is 0.641. The van der Waals surface area contributed by atoms with Crippen molar-refractivity contribution >= 4 is 22.5 Å². The van der Waals surface area contributed by atoms with Crippen molar-refractivity contribution < 1.29 is 4.74 Å². The molecule has 0 saturated carbocycles. The lowest BCUT2D eigenvalue weighted by atomic mass is 10.2. The molecule has 1 N–H and O–H groups in total. The third-order valence-electron chi connectivity index (χ3n) is 2.29. The van der Waals surface area contributed by atoms with Crippen molar-refractivity contribution in [2.24, 2.45) is 0 Å². The van der Waals surface area contributed by atoms with Crippen molar-refractivity contribution in [2.45, 2.75) is 13.3 Å². The van der Waals surface area contributed by atoms with E-state index in [-0.39, 0.29) is 0 Å². The van der Waals surface area contributed by atoms with Gasteiger partial charge in [-0.3, -0.25) is 0 Å². The largest absolute Gasteiger partial charge is 0.493 e. The summed E-state index contributed by atoms with van der Waals surface area (Å²) in [6.07, 6.45) is 0.876. The van der Waals surface area contributed by atoms with Crippen LogP contribution < -0.4 is 4.74 Å². The maximum Gasteiger partial charge on any atom is 0.128 e. The Morgan fingerprint density at radius 1 is 1.40 bits per heavy atom. The maximum absolute atomic E-state index is 5.67. The Hall–Kier alpha value is -1.15. The zero-order valence-corrected chi connectivity index (χ0v) is 9.47. The fraction of sp³-hybridized carbons (Fsp3) is 0.333. The Morgan fingerprint density at radius 3 is 3.07 bits per heavy atom. The van der Waals surface area contributed by atoms with E-state index in [1.165, 1.54) is 0 Å². The van der Waals surface area contributed by atoms with Crippen LogP contribution in [0.2, 0.25) is 0 Å². The SMILES string of the molecule is Cc1cc2c(OCCCCl)cccc2[nH]1. The summed E-state index contributed by atoms with van der Waals surface area (Å²) in [5.74, 6) is 1.57. The molecule has 0 atom stereocenters. The second kappa shape index (κ2) is 4.58. The normalized spacial score (nSPS) is 10.8. The monoisotopic (exact) mass is 223 g/mol. The summed E-state index contributed by atoms with van der Waals surface area (Å²) in [4.78, 5) is 3.28. The first-order valence-electron chi connectivity index (χ1n) is 5.08. The first-order chi connectivity index (χ1) is 7.31. The number of rotatable bonds is 4. The van der Waals surface area contributed by atoms with Crippen LogP contribution in [0.5, 0.6) is 5.75 Å². The van der Waals surface area contributed by atoms with E-state index >= 15 is 0 Å². The number of hydrogen-bond donors (Lipinski definition) is 1. The van der Waals surface area contributed by atoms with E-state index in [9.17, 15) is 0 Å². The Kier molecular flexibility index (Phi) is 3.17. The van der Waals surface area contributed by atoms with E-state index in [1.54, 1.807) is 0 Å². The Balaban J connectivity index is 2.25. The fourth-order valence-electron chi connectivity index (χ4n) is 1.63. The van der Waals surface area contributed by atoms with Crippen LogP contribution in [-0.2, 0) is 0 Å². The zero-order chi connectivity index (χ0) is 10.7. The molecule has 0 aliphatic heterocycles. The molecule has 0 fully saturated rings. The topological polar surface area (TPSA) is 25.0 Å². The summed E-state index contributed by atoms with van der Waals surface area (Å²) >= 11 is 5.60. The molecule has 0 aliphatic rings. The molecular formula is C12H14ClNO. The summed E-state index contributed by atoms with van der Waals surface area (Å²) in [6, 6.07) is 8.14. The van der Waals surface area contributed by atoms with Crippen LogP contribution in [-0.4, -0.2) is 17.5 Å². The highest BCUT2D eigenvalue weighted by atomic mass is 35.5. The number of H-pyrrole nitrogens is 1. The van der Waals surface area contributed by atoms with Gasteiger partial charge in [-0.1, -0.05) is 6.07 Å². The minimum Gasteiger partial charge on any atom is -0.493 e. The van der Waals surface area contributed by atoms with Crippen LogP contribution in [0, 0.1) is 6.92 Å². The highest BCUT2D eigenvalue weighted by Crippen LogP contribution is 2.26. The van der Waals surface area contributed by atoms with E-state index in [4.69, 9.17) is 16.3 Å². The van der Waals surface area contributed by atoms with Crippen LogP contribution in [0.1, 0.15) is 12.1 Å². The summed E-state index contributed by atoms with van der Waals surface area (Å²) < 4.78 is 5.67. The quantitative estimate of drug-likeness (QED) is 0.623. The predicted octanol–water partition coefficient (Wildman–Crippen LogP) is 3.48. The van der Waals surface area contributed by atoms with E-state index in [0.29, 0.717) is 12.5 Å². The molecule has 0 radical (unpaired) electrons. The van der Waals surface area contributed by atoms with Crippen LogP contribution in [0.3, 0.4) is 0 Å². The molecule has 2 nitrogen and oxygen atoms in total. The Labute approximate surface area is 94.2 Å². The average molecular weight is 224 g/mol. The number of nitrogens with one attached hydrogen (secondary N) is 1. The molecule has 0 saturated heterocycles. The van der Waals surface area contributed by atoms with Gasteiger partial charge in [0.05, 0.1) is 6.61 Å². The molecule has 0 spiro atoms. The van der Waals surface area contributed by atoms with Gasteiger partial charge >= 0.3 is 0 Å². The lowest BCUT2D eigenvalue weighted by Gasteiger charge is -2.05. The second-order valence-corrected chi connectivity index (χ2v) is 3.94. The van der Waals surface area contributed by atoms with Gasteiger partial charge in [-0.05, 0) is 31.5 Å². The number of ether oxygens (including phenoxy) is 1. The van der Waals surface area contributed by atoms with Gasteiger partial charge < -0.3 is 9.72 Å². The highest BCUT2D eigenvalue weighted by Gasteiger charge is 2.03. The van der Waals surface area contributed by atoms with Crippen molar-refractivity contribution in [1.82, 2.24) is 4.98 Å². The van der Waals surface area contributed by atoms with Crippen LogP contribution in [0.25, 0.3) is 10.9 Å². The zero-order valence-electron chi connectivity index (χ0n) is 8.72. The molecule has 80 valence electrons. The number of benzene rings is 1. The predicted molar refractivity (Wildman–Crippen MR) is 63.9 cm³/mol. The average Bonchev–Trinajstić information content (AvgIpc) is 2.59. The fourth-order valence-corrected chi connectivity index (χ4v) is 1.74. The molecular weight excluding hydrogens is 210 g/mol. The van der Waals surface area contributed by atoms with Gasteiger partial charge in [-0.25, -0.2) is 0 Å². The van der Waals surface area contributed by atoms with Gasteiger partial charge in [0.25, 0.3) is 0 Å². The van der Waals surface area contributed by atoms with E-state index in [1.807, 2.05) is 19.1 Å². The van der Waals surface area contributed by atoms with E-state index in [2.05, 4.69) is 17.1 Å². The number of aryl methyl sites for hydroxylation is 1. The van der Waals surface area contributed by atoms with Crippen LogP contribution in [0.4, 0.5) is 0 Å². The van der Waals surface area contributed by atoms with Crippen molar-refractivity contribution in [3.63, 3.8) is 0 Å². The summed E-state index contributed by atoms with van der Waals surface area (Å²) in [6.45, 7) is 2.72. The first-order valence-corrected chi connectivity index (χ1v) is 5.62. The smallest absolute Gasteiger partial charge is 0.128 e. The van der Waals surface area contributed by atoms with Gasteiger partial charge in [0.2, 0.25) is 0 Å². The van der Waals surface area contributed by atoms with Crippen LogP contribution in [0.15, 0.2) is 24.3 Å². The molecule has 1 aromatic heterocycles. The lowest BCUT2D eigenvalue weighted by Crippen LogP contribution is -1.97. The highest BCUT2D eigenvalue weighted by molar-refractivity contribution is 6.17. The van der Waals surface area contributed by atoms with Crippen molar-refractivity contribution in [1.29, 1.82) is 0 Å². The maximum atomic E-state index is 5.67. The minimum atomic E-state index is 0.641. The first kappa shape index (κ1) is 10.4. The van der Waals surface area contributed by atoms with E-state index in [0.717, 1.165) is 28.8 Å². The summed E-state index contributed by atoms with van der Waals surface area (Å²) in [5, 5.41) is 1.14. The summed E-state index contributed by atoms with van der Waals surface area (Å²) in [5.41, 5.74) is 2.27. The van der Waals surface area contributed by atoms with Crippen molar-refractivity contribution in [3.8, 4) is 5.75 Å². The van der Waals surface area contributed by atoms with E-state index < -0.39 is 0 Å². The number of halogens is 1. The number of hydrogen-bond acceptors (Lipinski definition) is 1. The van der Waals surface area contributed by atoms with Gasteiger partial charge in [0, 0.05) is 22.5 Å². The molecule has 0 unspecified atom stereocenters. The van der Waals surface area contributed by atoms with Crippen LogP contribution >= 0.6 is 11.6 Å². The molecule has 1 aromatic carbocycles. The van der Waals surface area contributed by atoms with Gasteiger partial charge in [0.15, 0.2) is 0 Å². The number of aromatic nitrogens is 1. The molecule has 3 heteroatoms. The number of alkyl halides is 1. The van der Waals surface area contributed by atoms with Crippen molar-refractivity contribution in [2.75, 3.05) is 12.5 Å². The standard InChI is InChI=1S/C12H14ClNO/c1-9-8-10-11(14-9)4-2-5-12(10)15-7-3-6-13/h2,4-5,8,14H,3,6-7H2,1H3. The Bertz CT molecular complexity index is 450. The molecule has 1 heterocycles. The number of aromatic amines is 1. The second-order valence-electron chi connectivity index (χ2n) is 3.56. The molecule has 2 rings (SSSR count). The van der Waals surface area contributed by atoms with Gasteiger partial charge in [-0.15, -0.1) is 11.6 Å². The Morgan fingerprint density at radius 2 is 2.27 bits per heavy atom. The van der Waals surface area contributed by atoms with Gasteiger partial charge in [-0.2, -0.15) is 0 Å². The third kappa shape index (κ3) is 2.26. The molecule has 0 amide bonds. The van der Waals surface area contributed by atoms with Crippen molar-refractivity contribution in [3.05, 3.63) is 30.0 Å². The van der Waals surface area contributed by atoms with Gasteiger partial charge in [0.1, 0.15) is 5.75 Å². The molecule has 15 heavy (non-hydrogen) atoms. The lowest BCUT2D eigenvalue weighted by molar-refractivity contribution is 0.322. The summed E-state index contributed by atoms with van der Waals surface area (Å²) in [7, 11) is 0. The molecule has 0 bridgehead atoms. The molecule has 0 aliphatic carbocycles. The third-order valence-corrected chi connectivity index (χ3v) is 2.56. The number of fused-ring (bicyclic) bond motifs is 1. The molecule has 2 aromatic rings.